The molecule has 0 fully saturated rings. The van der Waals surface area contributed by atoms with Crippen LogP contribution in [0.15, 0.2) is 0 Å². The minimum atomic E-state index is -0.358. The molecule has 0 bridgehead atoms. The van der Waals surface area contributed by atoms with Crippen LogP contribution in [0.1, 0.15) is 47.5 Å². The van der Waals surface area contributed by atoms with Gasteiger partial charge in [0, 0.05) is 26.1 Å². The summed E-state index contributed by atoms with van der Waals surface area (Å²) in [5.74, 6) is -0.556. The van der Waals surface area contributed by atoms with Gasteiger partial charge in [0.15, 0.2) is 0 Å². The number of hydrogen-bond donors (Lipinski definition) is 2. The first-order valence-electron chi connectivity index (χ1n) is 7.57. The Hall–Kier alpha value is -1.18. The molecular formula is C15H32O7. The average molecular weight is 324 g/mol. The summed E-state index contributed by atoms with van der Waals surface area (Å²) in [5.41, 5.74) is 0. The van der Waals surface area contributed by atoms with E-state index in [2.05, 4.69) is 0 Å². The standard InChI is InChI=1S/C9H16O4.C4H10O.C2H6O2/c1-4-8(10)12-6-7(3)13-9(11)5-2;1-3-5-4-2;3-1-2-4/h7H,4-6H2,1-3H3;3-4H2,1-2H3;3-4H,1-2H2. The van der Waals surface area contributed by atoms with E-state index >= 15 is 0 Å². The highest BCUT2D eigenvalue weighted by molar-refractivity contribution is 5.69. The molecule has 2 N–H and O–H groups in total. The molecule has 0 saturated heterocycles. The number of hydrogen-bond acceptors (Lipinski definition) is 7. The zero-order valence-electron chi connectivity index (χ0n) is 14.5. The van der Waals surface area contributed by atoms with Crippen LogP contribution in [0.2, 0.25) is 0 Å². The van der Waals surface area contributed by atoms with Crippen molar-refractivity contribution in [3.63, 3.8) is 0 Å². The van der Waals surface area contributed by atoms with Crippen LogP contribution in [0.4, 0.5) is 0 Å². The molecule has 0 aliphatic rings. The van der Waals surface area contributed by atoms with Crippen molar-refractivity contribution in [1.29, 1.82) is 0 Å². The van der Waals surface area contributed by atoms with E-state index in [-0.39, 0.29) is 37.9 Å². The zero-order valence-corrected chi connectivity index (χ0v) is 14.5. The summed E-state index contributed by atoms with van der Waals surface area (Å²) in [7, 11) is 0. The van der Waals surface area contributed by atoms with Crippen molar-refractivity contribution in [1.82, 2.24) is 0 Å². The van der Waals surface area contributed by atoms with Crippen LogP contribution in [0, 0.1) is 0 Å². The van der Waals surface area contributed by atoms with E-state index in [1.54, 1.807) is 20.8 Å². The first-order valence-corrected chi connectivity index (χ1v) is 7.57. The molecule has 0 aliphatic carbocycles. The van der Waals surface area contributed by atoms with Crippen LogP contribution in [0.25, 0.3) is 0 Å². The van der Waals surface area contributed by atoms with Gasteiger partial charge in [-0.1, -0.05) is 13.8 Å². The zero-order chi connectivity index (χ0) is 17.8. The smallest absolute Gasteiger partial charge is 0.305 e. The van der Waals surface area contributed by atoms with E-state index in [1.807, 2.05) is 13.8 Å². The van der Waals surface area contributed by atoms with Gasteiger partial charge in [-0.3, -0.25) is 9.59 Å². The lowest BCUT2D eigenvalue weighted by Gasteiger charge is -2.12. The molecule has 0 spiro atoms. The van der Waals surface area contributed by atoms with Crippen LogP contribution in [-0.2, 0) is 23.8 Å². The third-order valence-corrected chi connectivity index (χ3v) is 1.90. The highest BCUT2D eigenvalue weighted by Crippen LogP contribution is 1.96. The Morgan fingerprint density at radius 3 is 1.64 bits per heavy atom. The second kappa shape index (κ2) is 22.1. The van der Waals surface area contributed by atoms with Crippen molar-refractivity contribution < 1.29 is 34.0 Å². The number of carbonyl (C=O) groups is 2. The number of aliphatic hydroxyl groups excluding tert-OH is 2. The summed E-state index contributed by atoms with van der Waals surface area (Å²) in [6, 6.07) is 0. The molecule has 134 valence electrons. The molecule has 0 aliphatic heterocycles. The van der Waals surface area contributed by atoms with Crippen LogP contribution >= 0.6 is 0 Å². The van der Waals surface area contributed by atoms with Gasteiger partial charge in [0.2, 0.25) is 0 Å². The van der Waals surface area contributed by atoms with Crippen LogP contribution in [0.3, 0.4) is 0 Å². The lowest BCUT2D eigenvalue weighted by atomic mass is 10.4. The SMILES string of the molecule is CCC(=O)OCC(C)OC(=O)CC.CCOCC.OCCO. The largest absolute Gasteiger partial charge is 0.462 e. The normalized spacial score (nSPS) is 10.3. The quantitative estimate of drug-likeness (QED) is 0.649. The van der Waals surface area contributed by atoms with Gasteiger partial charge in [-0.2, -0.15) is 0 Å². The first-order chi connectivity index (χ1) is 10.4. The van der Waals surface area contributed by atoms with Gasteiger partial charge < -0.3 is 24.4 Å². The molecule has 0 rings (SSSR count). The summed E-state index contributed by atoms with van der Waals surface area (Å²) < 4.78 is 14.5. The van der Waals surface area contributed by atoms with Gasteiger partial charge in [0.25, 0.3) is 0 Å². The van der Waals surface area contributed by atoms with Gasteiger partial charge in [-0.15, -0.1) is 0 Å². The van der Waals surface area contributed by atoms with Crippen molar-refractivity contribution in [3.05, 3.63) is 0 Å². The molecule has 7 heteroatoms. The molecule has 0 heterocycles. The Kier molecular flexibility index (Phi) is 25.9. The molecule has 1 unspecified atom stereocenters. The van der Waals surface area contributed by atoms with E-state index < -0.39 is 0 Å². The minimum Gasteiger partial charge on any atom is -0.462 e. The molecule has 0 radical (unpaired) electrons. The first kappa shape index (κ1) is 25.8. The van der Waals surface area contributed by atoms with Crippen LogP contribution < -0.4 is 0 Å². The van der Waals surface area contributed by atoms with Gasteiger partial charge in [-0.05, 0) is 20.8 Å². The third kappa shape index (κ3) is 27.2. The summed E-state index contributed by atoms with van der Waals surface area (Å²) in [5, 5.41) is 15.2. The Bertz CT molecular complexity index is 240. The summed E-state index contributed by atoms with van der Waals surface area (Å²) in [6.07, 6.45) is 0.323. The number of ether oxygens (including phenoxy) is 3. The molecule has 1 atom stereocenters. The minimum absolute atomic E-state index is 0.125. The highest BCUT2D eigenvalue weighted by atomic mass is 16.6. The third-order valence-electron chi connectivity index (χ3n) is 1.90. The van der Waals surface area contributed by atoms with Crippen molar-refractivity contribution in [2.24, 2.45) is 0 Å². The Morgan fingerprint density at radius 2 is 1.36 bits per heavy atom. The predicted octanol–water partition coefficient (Wildman–Crippen LogP) is 1.30. The van der Waals surface area contributed by atoms with Crippen molar-refractivity contribution in [3.8, 4) is 0 Å². The number of aliphatic hydroxyl groups is 2. The molecule has 0 aromatic carbocycles. The Labute approximate surface area is 133 Å². The molecule has 0 aromatic rings. The monoisotopic (exact) mass is 324 g/mol. The molecule has 0 aromatic heterocycles. The highest BCUT2D eigenvalue weighted by Gasteiger charge is 2.09. The average Bonchev–Trinajstić information content (AvgIpc) is 2.53. The Morgan fingerprint density at radius 1 is 0.909 bits per heavy atom. The van der Waals surface area contributed by atoms with E-state index in [0.29, 0.717) is 12.8 Å². The number of esters is 2. The van der Waals surface area contributed by atoms with Crippen molar-refractivity contribution in [2.75, 3.05) is 33.0 Å². The second-order valence-corrected chi connectivity index (χ2v) is 3.92. The van der Waals surface area contributed by atoms with Crippen molar-refractivity contribution in [2.45, 2.75) is 53.6 Å². The maximum absolute atomic E-state index is 10.8. The van der Waals surface area contributed by atoms with Gasteiger partial charge in [-0.25, -0.2) is 0 Å². The lowest BCUT2D eigenvalue weighted by Crippen LogP contribution is -2.21. The van der Waals surface area contributed by atoms with E-state index in [0.717, 1.165) is 13.2 Å². The van der Waals surface area contributed by atoms with Gasteiger partial charge in [0.05, 0.1) is 13.2 Å². The van der Waals surface area contributed by atoms with Gasteiger partial charge >= 0.3 is 11.9 Å². The van der Waals surface area contributed by atoms with E-state index in [4.69, 9.17) is 24.4 Å². The Balaban J connectivity index is -0.000000330. The van der Waals surface area contributed by atoms with Crippen molar-refractivity contribution >= 4 is 11.9 Å². The fraction of sp³-hybridized carbons (Fsp3) is 0.867. The molecule has 22 heavy (non-hydrogen) atoms. The summed E-state index contributed by atoms with van der Waals surface area (Å²) in [6.45, 7) is 10.7. The predicted molar refractivity (Wildman–Crippen MR) is 83.4 cm³/mol. The number of rotatable bonds is 8. The molecule has 0 saturated carbocycles. The topological polar surface area (TPSA) is 102 Å². The lowest BCUT2D eigenvalue weighted by molar-refractivity contribution is -0.157. The molecular weight excluding hydrogens is 292 g/mol. The summed E-state index contributed by atoms with van der Waals surface area (Å²) >= 11 is 0. The molecule has 7 nitrogen and oxygen atoms in total. The fourth-order valence-electron chi connectivity index (χ4n) is 0.858. The maximum atomic E-state index is 10.8. The van der Waals surface area contributed by atoms with Gasteiger partial charge in [0.1, 0.15) is 12.7 Å². The van der Waals surface area contributed by atoms with Crippen LogP contribution in [0.5, 0.6) is 0 Å². The summed E-state index contributed by atoms with van der Waals surface area (Å²) in [4.78, 5) is 21.5. The molecule has 0 amide bonds. The fourth-order valence-corrected chi connectivity index (χ4v) is 0.858. The van der Waals surface area contributed by atoms with E-state index in [9.17, 15) is 9.59 Å². The number of carbonyl (C=O) groups excluding carboxylic acids is 2. The van der Waals surface area contributed by atoms with E-state index in [1.165, 1.54) is 0 Å². The maximum Gasteiger partial charge on any atom is 0.305 e. The second-order valence-electron chi connectivity index (χ2n) is 3.92. The van der Waals surface area contributed by atoms with Crippen LogP contribution in [-0.4, -0.2) is 61.3 Å².